The quantitative estimate of drug-likeness (QED) is 0.338. The highest BCUT2D eigenvalue weighted by atomic mass is 19.4. The fourth-order valence-corrected chi connectivity index (χ4v) is 5.38. The third kappa shape index (κ3) is 4.47. The van der Waals surface area contributed by atoms with Gasteiger partial charge in [0.25, 0.3) is 0 Å². The highest BCUT2D eigenvalue weighted by Crippen LogP contribution is 2.48. The molecule has 2 atom stereocenters. The van der Waals surface area contributed by atoms with Crippen LogP contribution in [0.1, 0.15) is 56.2 Å². The van der Waals surface area contributed by atoms with Crippen molar-refractivity contribution in [2.75, 3.05) is 13.1 Å². The van der Waals surface area contributed by atoms with Crippen molar-refractivity contribution in [1.82, 2.24) is 24.5 Å². The minimum absolute atomic E-state index is 0.00707. The number of halogens is 4. The number of ether oxygens (including phenoxy) is 1. The van der Waals surface area contributed by atoms with Crippen LogP contribution in [0.25, 0.3) is 28.1 Å². The summed E-state index contributed by atoms with van der Waals surface area (Å²) in [6.45, 7) is 4.26. The lowest BCUT2D eigenvalue weighted by atomic mass is 10.0. The van der Waals surface area contributed by atoms with Gasteiger partial charge in [-0.05, 0) is 68.9 Å². The maximum absolute atomic E-state index is 15.4. The first-order valence-electron chi connectivity index (χ1n) is 12.8. The summed E-state index contributed by atoms with van der Waals surface area (Å²) in [5.41, 5.74) is 7.66. The van der Waals surface area contributed by atoms with Gasteiger partial charge in [-0.15, -0.1) is 10.2 Å². The zero-order chi connectivity index (χ0) is 26.8. The van der Waals surface area contributed by atoms with Crippen molar-refractivity contribution in [3.8, 4) is 17.3 Å². The Morgan fingerprint density at radius 2 is 1.87 bits per heavy atom. The summed E-state index contributed by atoms with van der Waals surface area (Å²) < 4.78 is 65.5. The van der Waals surface area contributed by atoms with Gasteiger partial charge in [-0.1, -0.05) is 6.07 Å². The van der Waals surface area contributed by atoms with Gasteiger partial charge in [-0.3, -0.25) is 9.30 Å². The molecule has 11 heteroatoms. The Kier molecular flexibility index (Phi) is 6.03. The van der Waals surface area contributed by atoms with Gasteiger partial charge in [0.05, 0.1) is 11.6 Å². The van der Waals surface area contributed by atoms with Crippen LogP contribution in [0.2, 0.25) is 0 Å². The molecule has 0 amide bonds. The fourth-order valence-electron chi connectivity index (χ4n) is 5.38. The van der Waals surface area contributed by atoms with E-state index in [4.69, 9.17) is 10.5 Å². The third-order valence-electron chi connectivity index (χ3n) is 7.17. The maximum atomic E-state index is 15.4. The van der Waals surface area contributed by atoms with Crippen molar-refractivity contribution < 1.29 is 22.3 Å². The number of hydrogen-bond acceptors (Lipinski definition) is 6. The van der Waals surface area contributed by atoms with E-state index in [0.29, 0.717) is 28.7 Å². The lowest BCUT2D eigenvalue weighted by Crippen LogP contribution is -2.38. The topological polar surface area (TPSA) is 81.6 Å². The summed E-state index contributed by atoms with van der Waals surface area (Å²) in [5.74, 6) is 0.385. The Labute approximate surface area is 216 Å². The van der Waals surface area contributed by atoms with E-state index in [0.717, 1.165) is 18.4 Å². The predicted octanol–water partition coefficient (Wildman–Crippen LogP) is 5.38. The normalized spacial score (nSPS) is 19.6. The summed E-state index contributed by atoms with van der Waals surface area (Å²) in [6.07, 6.45) is -0.778. The smallest absolute Gasteiger partial charge is 0.408 e. The van der Waals surface area contributed by atoms with Gasteiger partial charge in [-0.25, -0.2) is 9.37 Å². The molecule has 3 aromatic heterocycles. The van der Waals surface area contributed by atoms with Crippen LogP contribution >= 0.6 is 0 Å². The number of nitrogens with two attached hydrogens (primary N) is 1. The molecule has 6 rings (SSSR count). The van der Waals surface area contributed by atoms with E-state index in [1.807, 2.05) is 19.9 Å². The van der Waals surface area contributed by atoms with Crippen molar-refractivity contribution in [1.29, 1.82) is 0 Å². The summed E-state index contributed by atoms with van der Waals surface area (Å²) in [6, 6.07) is 5.70. The van der Waals surface area contributed by atoms with Crippen LogP contribution in [0.4, 0.5) is 17.6 Å². The molecule has 4 aromatic rings. The van der Waals surface area contributed by atoms with Crippen molar-refractivity contribution in [3.63, 3.8) is 0 Å². The number of likely N-dealkylation sites (tertiary alicyclic amines) is 1. The Bertz CT molecular complexity index is 1510. The lowest BCUT2D eigenvalue weighted by Gasteiger charge is -2.30. The molecule has 200 valence electrons. The molecule has 0 bridgehead atoms. The summed E-state index contributed by atoms with van der Waals surface area (Å²) in [5, 5.41) is 8.84. The zero-order valence-corrected chi connectivity index (χ0v) is 21.0. The minimum Gasteiger partial charge on any atom is -0.491 e. The average Bonchev–Trinajstić information content (AvgIpc) is 3.46. The number of fused-ring (bicyclic) bond motifs is 2. The van der Waals surface area contributed by atoms with E-state index >= 15 is 4.39 Å². The molecule has 1 saturated heterocycles. The first-order valence-corrected chi connectivity index (χ1v) is 12.8. The second kappa shape index (κ2) is 9.16. The molecule has 2 aliphatic rings. The highest BCUT2D eigenvalue weighted by molar-refractivity contribution is 5.87. The Morgan fingerprint density at radius 3 is 2.53 bits per heavy atom. The highest BCUT2D eigenvalue weighted by Gasteiger charge is 2.46. The van der Waals surface area contributed by atoms with E-state index in [1.165, 1.54) is 33.7 Å². The monoisotopic (exact) mass is 528 g/mol. The lowest BCUT2D eigenvalue weighted by molar-refractivity contribution is -0.183. The van der Waals surface area contributed by atoms with E-state index in [9.17, 15) is 13.2 Å². The number of pyridine rings is 2. The molecule has 0 unspecified atom stereocenters. The van der Waals surface area contributed by atoms with Crippen molar-refractivity contribution in [2.24, 2.45) is 5.73 Å². The molecule has 0 radical (unpaired) electrons. The van der Waals surface area contributed by atoms with Gasteiger partial charge in [0, 0.05) is 36.3 Å². The number of nitrogens with zero attached hydrogens (tertiary/aromatic N) is 5. The first-order chi connectivity index (χ1) is 18.1. The number of rotatable bonds is 6. The molecule has 1 aliphatic carbocycles. The van der Waals surface area contributed by atoms with E-state index in [1.54, 1.807) is 6.07 Å². The summed E-state index contributed by atoms with van der Waals surface area (Å²) in [7, 11) is 0. The van der Waals surface area contributed by atoms with Crippen molar-refractivity contribution >= 4 is 16.6 Å². The zero-order valence-electron chi connectivity index (χ0n) is 21.0. The second-order valence-electron chi connectivity index (χ2n) is 10.5. The molecule has 38 heavy (non-hydrogen) atoms. The van der Waals surface area contributed by atoms with Crippen LogP contribution in [0, 0.1) is 5.82 Å². The summed E-state index contributed by atoms with van der Waals surface area (Å²) in [4.78, 5) is 6.02. The third-order valence-corrected chi connectivity index (χ3v) is 7.17. The van der Waals surface area contributed by atoms with E-state index in [2.05, 4.69) is 15.2 Å². The maximum Gasteiger partial charge on any atom is 0.408 e. The standard InChI is InChI=1S/C27H28F4N6O/c1-14(2)38-20-7-5-16-11-19(28)24(33-23(16)22(20)15-3-4-15)26-35-34-21-8-6-17(12-37(21)26)25(27(29,30)31)36-10-9-18(32)13-36/h5-8,11-12,14-15,18,25H,3-4,9-10,13,32H2,1-2H3/t18-,25+/m0/s1. The Hall–Kier alpha value is -3.31. The predicted molar refractivity (Wildman–Crippen MR) is 134 cm³/mol. The van der Waals surface area contributed by atoms with Crippen LogP contribution in [0.5, 0.6) is 5.75 Å². The largest absolute Gasteiger partial charge is 0.491 e. The van der Waals surface area contributed by atoms with Crippen molar-refractivity contribution in [2.45, 2.75) is 63.4 Å². The molecule has 0 spiro atoms. The Balaban J connectivity index is 1.49. The molecule has 4 heterocycles. The molecule has 1 aromatic carbocycles. The number of hydrogen-bond donors (Lipinski definition) is 1. The number of aromatic nitrogens is 4. The van der Waals surface area contributed by atoms with Gasteiger partial charge in [0.15, 0.2) is 17.3 Å². The van der Waals surface area contributed by atoms with E-state index in [-0.39, 0.29) is 48.2 Å². The average molecular weight is 529 g/mol. The fraction of sp³-hybridized carbons (Fsp3) is 0.444. The Morgan fingerprint density at radius 1 is 1.08 bits per heavy atom. The SMILES string of the molecule is CC(C)Oc1ccc2cc(F)c(-c3nnc4ccc([C@@H](N5CC[C@H](N)C5)C(F)(F)F)cn34)nc2c1C1CC1. The molecule has 1 saturated carbocycles. The van der Waals surface area contributed by atoms with Crippen molar-refractivity contribution in [3.05, 3.63) is 53.5 Å². The summed E-state index contributed by atoms with van der Waals surface area (Å²) >= 11 is 0. The second-order valence-corrected chi connectivity index (χ2v) is 10.5. The van der Waals surface area contributed by atoms with Gasteiger partial charge in [0.1, 0.15) is 17.5 Å². The molecule has 2 fully saturated rings. The van der Waals surface area contributed by atoms with Gasteiger partial charge in [-0.2, -0.15) is 13.2 Å². The van der Waals surface area contributed by atoms with Crippen LogP contribution in [-0.2, 0) is 0 Å². The number of benzene rings is 1. The molecular formula is C27H28F4N6O. The first kappa shape index (κ1) is 25.0. The van der Waals surface area contributed by atoms with Gasteiger partial charge < -0.3 is 10.5 Å². The molecular weight excluding hydrogens is 500 g/mol. The minimum atomic E-state index is -4.52. The molecule has 1 aliphatic heterocycles. The van der Waals surface area contributed by atoms with E-state index < -0.39 is 18.0 Å². The van der Waals surface area contributed by atoms with Crippen LogP contribution < -0.4 is 10.5 Å². The molecule has 2 N–H and O–H groups in total. The van der Waals surface area contributed by atoms with Gasteiger partial charge in [0.2, 0.25) is 0 Å². The number of alkyl halides is 3. The van der Waals surface area contributed by atoms with Crippen LogP contribution in [-0.4, -0.2) is 55.9 Å². The van der Waals surface area contributed by atoms with Crippen LogP contribution in [0.3, 0.4) is 0 Å². The van der Waals surface area contributed by atoms with Crippen LogP contribution in [0.15, 0.2) is 36.5 Å². The molecule has 7 nitrogen and oxygen atoms in total. The van der Waals surface area contributed by atoms with Gasteiger partial charge >= 0.3 is 6.18 Å².